The van der Waals surface area contributed by atoms with Crippen LogP contribution in [0.1, 0.15) is 31.9 Å². The first-order valence-electron chi connectivity index (χ1n) is 6.99. The number of benzene rings is 1. The van der Waals surface area contributed by atoms with Crippen LogP contribution in [-0.2, 0) is 13.2 Å². The molecule has 0 fully saturated rings. The van der Waals surface area contributed by atoms with Gasteiger partial charge in [-0.2, -0.15) is 0 Å². The quantitative estimate of drug-likeness (QED) is 0.899. The van der Waals surface area contributed by atoms with Gasteiger partial charge in [-0.3, -0.25) is 4.98 Å². The summed E-state index contributed by atoms with van der Waals surface area (Å²) in [7, 11) is 0. The average Bonchev–Trinajstić information content (AvgIpc) is 2.44. The van der Waals surface area contributed by atoms with Crippen molar-refractivity contribution in [3.8, 4) is 5.75 Å². The van der Waals surface area contributed by atoms with E-state index in [1.54, 1.807) is 12.4 Å². The van der Waals surface area contributed by atoms with Crippen molar-refractivity contribution < 1.29 is 4.74 Å². The second-order valence-electron chi connectivity index (χ2n) is 6.00. The number of nitrogens with one attached hydrogen (secondary N) is 1. The Kier molecular flexibility index (Phi) is 5.21. The largest absolute Gasteiger partial charge is 0.487 e. The number of rotatable bonds is 5. The summed E-state index contributed by atoms with van der Waals surface area (Å²) in [6.45, 7) is 7.68. The normalized spacial score (nSPS) is 11.4. The van der Waals surface area contributed by atoms with Crippen molar-refractivity contribution in [2.45, 2.75) is 39.5 Å². The third-order valence-corrected chi connectivity index (χ3v) is 3.24. The van der Waals surface area contributed by atoms with E-state index >= 15 is 0 Å². The maximum Gasteiger partial charge on any atom is 0.142 e. The fourth-order valence-electron chi connectivity index (χ4n) is 1.79. The van der Waals surface area contributed by atoms with E-state index in [2.05, 4.69) is 31.1 Å². The van der Waals surface area contributed by atoms with Gasteiger partial charge in [-0.15, -0.1) is 0 Å². The number of hydrogen-bond donors (Lipinski definition) is 1. The van der Waals surface area contributed by atoms with Gasteiger partial charge in [0.15, 0.2) is 0 Å². The number of pyridine rings is 1. The zero-order valence-corrected chi connectivity index (χ0v) is 13.4. The fourth-order valence-corrected chi connectivity index (χ4v) is 1.91. The van der Waals surface area contributed by atoms with Crippen molar-refractivity contribution in [3.05, 3.63) is 58.9 Å². The Hall–Kier alpha value is -1.58. The lowest BCUT2D eigenvalue weighted by Crippen LogP contribution is -2.35. The molecular formula is C17H21ClN2O. The van der Waals surface area contributed by atoms with Crippen molar-refractivity contribution in [1.29, 1.82) is 0 Å². The van der Waals surface area contributed by atoms with Crippen LogP contribution in [0.3, 0.4) is 0 Å². The lowest BCUT2D eigenvalue weighted by molar-refractivity contribution is 0.299. The number of halogens is 1. The monoisotopic (exact) mass is 304 g/mol. The van der Waals surface area contributed by atoms with Crippen LogP contribution in [0.2, 0.25) is 5.02 Å². The summed E-state index contributed by atoms with van der Waals surface area (Å²) in [5.74, 6) is 0.809. The van der Waals surface area contributed by atoms with Crippen LogP contribution in [0.15, 0.2) is 42.7 Å². The molecule has 2 aromatic rings. The van der Waals surface area contributed by atoms with Crippen LogP contribution in [0, 0.1) is 0 Å². The van der Waals surface area contributed by atoms with Crippen LogP contribution in [0.5, 0.6) is 5.75 Å². The van der Waals surface area contributed by atoms with Gasteiger partial charge in [0.1, 0.15) is 12.4 Å². The molecule has 0 saturated carbocycles. The molecule has 0 aliphatic rings. The van der Waals surface area contributed by atoms with Gasteiger partial charge >= 0.3 is 0 Å². The Morgan fingerprint density at radius 2 is 1.86 bits per heavy atom. The van der Waals surface area contributed by atoms with Gasteiger partial charge in [-0.1, -0.05) is 23.7 Å². The van der Waals surface area contributed by atoms with Gasteiger partial charge in [0.05, 0.1) is 6.20 Å². The lowest BCUT2D eigenvalue weighted by Gasteiger charge is -2.21. The Morgan fingerprint density at radius 3 is 2.52 bits per heavy atom. The zero-order chi connectivity index (χ0) is 15.3. The van der Waals surface area contributed by atoms with E-state index < -0.39 is 0 Å². The van der Waals surface area contributed by atoms with Crippen LogP contribution in [0.4, 0.5) is 0 Å². The first-order valence-corrected chi connectivity index (χ1v) is 7.37. The fraction of sp³-hybridized carbons (Fsp3) is 0.353. The molecule has 0 radical (unpaired) electrons. The van der Waals surface area contributed by atoms with E-state index in [9.17, 15) is 0 Å². The molecular weight excluding hydrogens is 284 g/mol. The van der Waals surface area contributed by atoms with Crippen molar-refractivity contribution in [3.63, 3.8) is 0 Å². The summed E-state index contributed by atoms with van der Waals surface area (Å²) in [5.41, 5.74) is 2.25. The Labute approximate surface area is 131 Å². The number of hydrogen-bond acceptors (Lipinski definition) is 3. The highest BCUT2D eigenvalue weighted by Crippen LogP contribution is 2.19. The smallest absolute Gasteiger partial charge is 0.142 e. The minimum atomic E-state index is 0.0662. The molecule has 21 heavy (non-hydrogen) atoms. The molecule has 0 atom stereocenters. The second kappa shape index (κ2) is 6.92. The summed E-state index contributed by atoms with van der Waals surface area (Å²) in [4.78, 5) is 4.14. The van der Waals surface area contributed by atoms with E-state index in [0.29, 0.717) is 6.61 Å². The second-order valence-corrected chi connectivity index (χ2v) is 6.44. The number of ether oxygens (including phenoxy) is 1. The highest BCUT2D eigenvalue weighted by Gasteiger charge is 2.11. The van der Waals surface area contributed by atoms with Crippen LogP contribution < -0.4 is 10.1 Å². The average molecular weight is 305 g/mol. The van der Waals surface area contributed by atoms with Crippen LogP contribution >= 0.6 is 11.6 Å². The van der Waals surface area contributed by atoms with Gasteiger partial charge in [0, 0.05) is 28.9 Å². The molecule has 0 bridgehead atoms. The topological polar surface area (TPSA) is 34.2 Å². The molecule has 0 spiro atoms. The minimum absolute atomic E-state index is 0.0662. The van der Waals surface area contributed by atoms with Gasteiger partial charge in [0.25, 0.3) is 0 Å². The standard InChI is InChI=1S/C17H21ClN2O/c1-17(2,3)20-10-14-8-9-19-11-16(14)21-12-13-4-6-15(18)7-5-13/h4-9,11,20H,10,12H2,1-3H3. The summed E-state index contributed by atoms with van der Waals surface area (Å²) in [5, 5.41) is 4.19. The van der Waals surface area contributed by atoms with Crippen molar-refractivity contribution in [1.82, 2.24) is 10.3 Å². The molecule has 2 rings (SSSR count). The first kappa shape index (κ1) is 15.8. The molecule has 3 nitrogen and oxygen atoms in total. The van der Waals surface area contributed by atoms with Crippen LogP contribution in [0.25, 0.3) is 0 Å². The molecule has 4 heteroatoms. The summed E-state index contributed by atoms with van der Waals surface area (Å²) < 4.78 is 5.88. The lowest BCUT2D eigenvalue weighted by atomic mass is 10.1. The van der Waals surface area contributed by atoms with E-state index in [4.69, 9.17) is 16.3 Å². The Morgan fingerprint density at radius 1 is 1.14 bits per heavy atom. The molecule has 1 aromatic heterocycles. The van der Waals surface area contributed by atoms with Crippen molar-refractivity contribution in [2.75, 3.05) is 0 Å². The molecule has 0 saturated heterocycles. The van der Waals surface area contributed by atoms with Gasteiger partial charge in [0.2, 0.25) is 0 Å². The van der Waals surface area contributed by atoms with Crippen molar-refractivity contribution in [2.24, 2.45) is 0 Å². The highest BCUT2D eigenvalue weighted by atomic mass is 35.5. The zero-order valence-electron chi connectivity index (χ0n) is 12.7. The molecule has 1 heterocycles. The van der Waals surface area contributed by atoms with Gasteiger partial charge in [-0.25, -0.2) is 0 Å². The molecule has 0 aliphatic heterocycles. The number of aromatic nitrogens is 1. The minimum Gasteiger partial charge on any atom is -0.487 e. The van der Waals surface area contributed by atoms with Crippen LogP contribution in [-0.4, -0.2) is 10.5 Å². The molecule has 1 aromatic carbocycles. The molecule has 0 unspecified atom stereocenters. The van der Waals surface area contributed by atoms with E-state index in [-0.39, 0.29) is 5.54 Å². The van der Waals surface area contributed by atoms with E-state index in [1.807, 2.05) is 30.3 Å². The molecule has 112 valence electrons. The van der Waals surface area contributed by atoms with E-state index in [0.717, 1.165) is 28.4 Å². The van der Waals surface area contributed by atoms with Gasteiger partial charge in [-0.05, 0) is 44.5 Å². The maximum atomic E-state index is 5.88. The predicted octanol–water partition coefficient (Wildman–Crippen LogP) is 4.20. The number of nitrogens with zero attached hydrogens (tertiary/aromatic N) is 1. The van der Waals surface area contributed by atoms with Crippen molar-refractivity contribution >= 4 is 11.6 Å². The predicted molar refractivity (Wildman–Crippen MR) is 86.6 cm³/mol. The third-order valence-electron chi connectivity index (χ3n) is 2.99. The first-order chi connectivity index (χ1) is 9.94. The van der Waals surface area contributed by atoms with E-state index in [1.165, 1.54) is 0 Å². The Bertz CT molecular complexity index is 576. The summed E-state index contributed by atoms with van der Waals surface area (Å²) in [6.07, 6.45) is 3.55. The third kappa shape index (κ3) is 5.37. The molecule has 0 amide bonds. The highest BCUT2D eigenvalue weighted by molar-refractivity contribution is 6.30. The molecule has 0 aliphatic carbocycles. The summed E-state index contributed by atoms with van der Waals surface area (Å²) in [6, 6.07) is 9.64. The molecule has 1 N–H and O–H groups in total. The maximum absolute atomic E-state index is 5.88. The SMILES string of the molecule is CC(C)(C)NCc1ccncc1OCc1ccc(Cl)cc1. The summed E-state index contributed by atoms with van der Waals surface area (Å²) >= 11 is 5.88. The van der Waals surface area contributed by atoms with Gasteiger partial charge < -0.3 is 10.1 Å². The Balaban J connectivity index is 2.01.